The Bertz CT molecular complexity index is 359. The molecule has 0 radical (unpaired) electrons. The van der Waals surface area contributed by atoms with Crippen LogP contribution in [-0.4, -0.2) is 11.0 Å². The number of nitrogens with zero attached hydrogens (tertiary/aromatic N) is 1. The quantitative estimate of drug-likeness (QED) is 0.464. The van der Waals surface area contributed by atoms with Crippen LogP contribution in [0, 0.1) is 0 Å². The molecule has 0 aliphatic heterocycles. The second-order valence-corrected chi connectivity index (χ2v) is 4.64. The number of hydrazine groups is 1. The minimum absolute atomic E-state index is 0.337. The fourth-order valence-electron chi connectivity index (χ4n) is 2.42. The van der Waals surface area contributed by atoms with Crippen molar-refractivity contribution < 1.29 is 0 Å². The molecule has 3 N–H and O–H groups in total. The van der Waals surface area contributed by atoms with E-state index in [2.05, 4.69) is 28.6 Å². The zero-order valence-electron chi connectivity index (χ0n) is 10.2. The summed E-state index contributed by atoms with van der Waals surface area (Å²) in [6, 6.07) is 4.48. The molecule has 1 heterocycles. The summed E-state index contributed by atoms with van der Waals surface area (Å²) in [5.74, 6) is 5.66. The zero-order valence-corrected chi connectivity index (χ0v) is 10.2. The van der Waals surface area contributed by atoms with Crippen LogP contribution in [0.3, 0.4) is 0 Å². The van der Waals surface area contributed by atoms with E-state index in [0.29, 0.717) is 6.04 Å². The molecule has 0 amide bonds. The molecule has 0 saturated heterocycles. The van der Waals surface area contributed by atoms with Crippen molar-refractivity contribution in [2.45, 2.75) is 44.6 Å². The average molecular weight is 231 g/mol. The van der Waals surface area contributed by atoms with Gasteiger partial charge in [-0.1, -0.05) is 11.6 Å². The summed E-state index contributed by atoms with van der Waals surface area (Å²) in [6.07, 6.45) is 13.2. The lowest BCUT2D eigenvalue weighted by atomic mass is 9.91. The summed E-state index contributed by atoms with van der Waals surface area (Å²) in [6.45, 7) is 0. The summed E-state index contributed by atoms with van der Waals surface area (Å²) in [5, 5.41) is 0. The van der Waals surface area contributed by atoms with Crippen molar-refractivity contribution in [1.29, 1.82) is 0 Å². The van der Waals surface area contributed by atoms with Crippen molar-refractivity contribution in [1.82, 2.24) is 10.4 Å². The van der Waals surface area contributed by atoms with Gasteiger partial charge in [0.05, 0.1) is 0 Å². The third-order valence-corrected chi connectivity index (χ3v) is 3.45. The molecule has 1 unspecified atom stereocenters. The van der Waals surface area contributed by atoms with Gasteiger partial charge in [0, 0.05) is 18.4 Å². The van der Waals surface area contributed by atoms with Crippen molar-refractivity contribution in [2.24, 2.45) is 5.84 Å². The van der Waals surface area contributed by atoms with Gasteiger partial charge in [-0.25, -0.2) is 0 Å². The minimum atomic E-state index is 0.337. The second kappa shape index (κ2) is 6.52. The monoisotopic (exact) mass is 231 g/mol. The van der Waals surface area contributed by atoms with Gasteiger partial charge in [0.1, 0.15) is 0 Å². The molecule has 3 heteroatoms. The molecule has 0 aromatic carbocycles. The topological polar surface area (TPSA) is 50.9 Å². The van der Waals surface area contributed by atoms with E-state index in [9.17, 15) is 0 Å². The Morgan fingerprint density at radius 3 is 2.76 bits per heavy atom. The van der Waals surface area contributed by atoms with E-state index in [-0.39, 0.29) is 0 Å². The summed E-state index contributed by atoms with van der Waals surface area (Å²) in [5.41, 5.74) is 5.78. The maximum atomic E-state index is 5.66. The van der Waals surface area contributed by atoms with Gasteiger partial charge in [0.25, 0.3) is 0 Å². The van der Waals surface area contributed by atoms with E-state index in [4.69, 9.17) is 5.84 Å². The van der Waals surface area contributed by atoms with E-state index >= 15 is 0 Å². The van der Waals surface area contributed by atoms with Crippen LogP contribution in [-0.2, 0) is 6.42 Å². The SMILES string of the molecule is NNC(CCc1ccncc1)C1=CCCCC1. The van der Waals surface area contributed by atoms with Crippen molar-refractivity contribution in [2.75, 3.05) is 0 Å². The summed E-state index contributed by atoms with van der Waals surface area (Å²) < 4.78 is 0. The van der Waals surface area contributed by atoms with Gasteiger partial charge in [-0.2, -0.15) is 0 Å². The molecule has 92 valence electrons. The number of hydrogen-bond acceptors (Lipinski definition) is 3. The van der Waals surface area contributed by atoms with Gasteiger partial charge >= 0.3 is 0 Å². The first kappa shape index (κ1) is 12.3. The van der Waals surface area contributed by atoms with Crippen LogP contribution >= 0.6 is 0 Å². The number of hydrogen-bond donors (Lipinski definition) is 2. The van der Waals surface area contributed by atoms with Gasteiger partial charge in [-0.05, 0) is 56.2 Å². The molecule has 0 fully saturated rings. The number of rotatable bonds is 5. The third-order valence-electron chi connectivity index (χ3n) is 3.45. The Morgan fingerprint density at radius 2 is 2.12 bits per heavy atom. The smallest absolute Gasteiger partial charge is 0.0422 e. The molecule has 1 aliphatic rings. The Labute approximate surface area is 103 Å². The molecule has 0 bridgehead atoms. The fourth-order valence-corrected chi connectivity index (χ4v) is 2.42. The highest BCUT2D eigenvalue weighted by Crippen LogP contribution is 2.22. The van der Waals surface area contributed by atoms with Crippen LogP contribution in [0.15, 0.2) is 36.2 Å². The van der Waals surface area contributed by atoms with E-state index < -0.39 is 0 Å². The standard InChI is InChI=1S/C14H21N3/c15-17-14(13-4-2-1-3-5-13)7-6-12-8-10-16-11-9-12/h4,8-11,14,17H,1-3,5-7,15H2. The molecule has 0 spiro atoms. The van der Waals surface area contributed by atoms with E-state index in [1.165, 1.54) is 36.8 Å². The molecule has 1 atom stereocenters. The lowest BCUT2D eigenvalue weighted by Gasteiger charge is -2.22. The van der Waals surface area contributed by atoms with Crippen LogP contribution in [0.25, 0.3) is 0 Å². The second-order valence-electron chi connectivity index (χ2n) is 4.64. The van der Waals surface area contributed by atoms with Crippen molar-refractivity contribution in [3.05, 3.63) is 41.7 Å². The predicted octanol–water partition coefficient (Wildman–Crippen LogP) is 2.35. The lowest BCUT2D eigenvalue weighted by molar-refractivity contribution is 0.516. The van der Waals surface area contributed by atoms with Crippen LogP contribution in [0.5, 0.6) is 0 Å². The normalized spacial score (nSPS) is 17.6. The van der Waals surface area contributed by atoms with Crippen LogP contribution in [0.4, 0.5) is 0 Å². The molecule has 3 nitrogen and oxygen atoms in total. The first-order valence-electron chi connectivity index (χ1n) is 6.44. The molecule has 1 aliphatic carbocycles. The summed E-state index contributed by atoms with van der Waals surface area (Å²) in [4.78, 5) is 4.03. The molecule has 0 saturated carbocycles. The molecule has 1 aromatic heterocycles. The van der Waals surface area contributed by atoms with Crippen LogP contribution in [0.1, 0.15) is 37.7 Å². The highest BCUT2D eigenvalue weighted by atomic mass is 15.2. The fraction of sp³-hybridized carbons (Fsp3) is 0.500. The Hall–Kier alpha value is -1.19. The van der Waals surface area contributed by atoms with Crippen LogP contribution in [0.2, 0.25) is 0 Å². The number of aryl methyl sites for hydroxylation is 1. The Morgan fingerprint density at radius 1 is 1.29 bits per heavy atom. The predicted molar refractivity (Wildman–Crippen MR) is 70.2 cm³/mol. The van der Waals surface area contributed by atoms with Gasteiger partial charge in [0.2, 0.25) is 0 Å². The van der Waals surface area contributed by atoms with Gasteiger partial charge in [-0.3, -0.25) is 16.3 Å². The number of nitrogens with two attached hydrogens (primary N) is 1. The molecular weight excluding hydrogens is 210 g/mol. The van der Waals surface area contributed by atoms with E-state index in [1.54, 1.807) is 0 Å². The molecule has 2 rings (SSSR count). The van der Waals surface area contributed by atoms with Gasteiger partial charge < -0.3 is 0 Å². The first-order valence-corrected chi connectivity index (χ1v) is 6.44. The molecular formula is C14H21N3. The Balaban J connectivity index is 1.89. The lowest BCUT2D eigenvalue weighted by Crippen LogP contribution is -2.37. The van der Waals surface area contributed by atoms with Gasteiger partial charge in [0.15, 0.2) is 0 Å². The van der Waals surface area contributed by atoms with E-state index in [1.807, 2.05) is 12.4 Å². The first-order chi connectivity index (χ1) is 8.40. The summed E-state index contributed by atoms with van der Waals surface area (Å²) in [7, 11) is 0. The molecule has 17 heavy (non-hydrogen) atoms. The number of allylic oxidation sites excluding steroid dienone is 1. The number of aromatic nitrogens is 1. The van der Waals surface area contributed by atoms with Gasteiger partial charge in [-0.15, -0.1) is 0 Å². The van der Waals surface area contributed by atoms with Crippen molar-refractivity contribution in [3.63, 3.8) is 0 Å². The third kappa shape index (κ3) is 3.65. The Kier molecular flexibility index (Phi) is 4.71. The maximum Gasteiger partial charge on any atom is 0.0422 e. The average Bonchev–Trinajstić information content (AvgIpc) is 2.42. The maximum absolute atomic E-state index is 5.66. The number of nitrogens with one attached hydrogen (secondary N) is 1. The van der Waals surface area contributed by atoms with Crippen molar-refractivity contribution >= 4 is 0 Å². The van der Waals surface area contributed by atoms with Crippen LogP contribution < -0.4 is 11.3 Å². The zero-order chi connectivity index (χ0) is 11.9. The van der Waals surface area contributed by atoms with E-state index in [0.717, 1.165) is 12.8 Å². The number of pyridine rings is 1. The largest absolute Gasteiger partial charge is 0.271 e. The van der Waals surface area contributed by atoms with Crippen molar-refractivity contribution in [3.8, 4) is 0 Å². The highest BCUT2D eigenvalue weighted by molar-refractivity contribution is 5.15. The molecule has 1 aromatic rings. The summed E-state index contributed by atoms with van der Waals surface area (Å²) >= 11 is 0. The highest BCUT2D eigenvalue weighted by Gasteiger charge is 2.14. The minimum Gasteiger partial charge on any atom is -0.271 e.